The molecule has 0 amide bonds. The van der Waals surface area contributed by atoms with Crippen molar-refractivity contribution in [3.63, 3.8) is 0 Å². The van der Waals surface area contributed by atoms with Gasteiger partial charge in [0.05, 0.1) is 12.3 Å². The van der Waals surface area contributed by atoms with Crippen LogP contribution in [0.25, 0.3) is 0 Å². The number of nitrogens with zero attached hydrogens (tertiary/aromatic N) is 5. The second-order valence-corrected chi connectivity index (χ2v) is 5.80. The van der Waals surface area contributed by atoms with Gasteiger partial charge in [0, 0.05) is 18.8 Å². The van der Waals surface area contributed by atoms with Crippen molar-refractivity contribution in [1.29, 1.82) is 0 Å². The fourth-order valence-electron chi connectivity index (χ4n) is 1.97. The molecule has 11 heteroatoms. The number of aromatic nitrogens is 3. The number of nitrogens with one attached hydrogen (secondary N) is 1. The van der Waals surface area contributed by atoms with Crippen LogP contribution in [0.1, 0.15) is 13.3 Å². The predicted octanol–water partition coefficient (Wildman–Crippen LogP) is 2.26. The summed E-state index contributed by atoms with van der Waals surface area (Å²) in [6.07, 6.45) is 1.88. The summed E-state index contributed by atoms with van der Waals surface area (Å²) in [7, 11) is -4.38. The van der Waals surface area contributed by atoms with Gasteiger partial charge in [-0.1, -0.05) is 0 Å². The summed E-state index contributed by atoms with van der Waals surface area (Å²) in [5, 5.41) is 15.2. The lowest BCUT2D eigenvalue weighted by atomic mass is 10.2. The van der Waals surface area contributed by atoms with E-state index in [0.717, 1.165) is 12.2 Å². The fourth-order valence-corrected chi connectivity index (χ4v) is 2.30. The van der Waals surface area contributed by atoms with Crippen LogP contribution in [0.4, 0.5) is 17.3 Å². The molecule has 0 bridgehead atoms. The first-order valence-corrected chi connectivity index (χ1v) is 8.59. The Morgan fingerprint density at radius 2 is 2.04 bits per heavy atom. The molecule has 10 nitrogen and oxygen atoms in total. The lowest BCUT2D eigenvalue weighted by Crippen LogP contribution is -2.25. The van der Waals surface area contributed by atoms with E-state index in [0.29, 0.717) is 24.6 Å². The summed E-state index contributed by atoms with van der Waals surface area (Å²) >= 11 is 0. The molecule has 0 fully saturated rings. The van der Waals surface area contributed by atoms with Crippen LogP contribution in [-0.2, 0) is 14.6 Å². The zero-order valence-electron chi connectivity index (χ0n) is 13.0. The standard InChI is InChI=1S/C13H18N6O4S/c1-2-19(8-3-9-23-24(20,21)22)12-6-4-11(5-7-12)16-18-13-14-10-15-17-13/h4-7,10H,2-3,8-9H2,1H3,(H,14,15,17)(H,20,21,22). The molecule has 2 N–H and O–H groups in total. The van der Waals surface area contributed by atoms with E-state index in [-0.39, 0.29) is 6.61 Å². The van der Waals surface area contributed by atoms with E-state index in [4.69, 9.17) is 4.55 Å². The molecule has 0 atom stereocenters. The van der Waals surface area contributed by atoms with Gasteiger partial charge in [-0.3, -0.25) is 4.55 Å². The Kier molecular flexibility index (Phi) is 6.35. The first-order chi connectivity index (χ1) is 11.5. The average molecular weight is 354 g/mol. The maximum atomic E-state index is 10.5. The number of anilines is 1. The number of hydrogen-bond donors (Lipinski definition) is 2. The molecule has 2 aromatic rings. The zero-order valence-corrected chi connectivity index (χ0v) is 13.8. The number of aromatic amines is 1. The van der Waals surface area contributed by atoms with Gasteiger partial charge in [0.25, 0.3) is 5.95 Å². The maximum Gasteiger partial charge on any atom is 0.397 e. The minimum Gasteiger partial charge on any atom is -0.372 e. The number of rotatable bonds is 9. The van der Waals surface area contributed by atoms with Crippen LogP contribution in [0.15, 0.2) is 40.8 Å². The zero-order chi connectivity index (χ0) is 17.4. The minimum atomic E-state index is -4.38. The fraction of sp³-hybridized carbons (Fsp3) is 0.385. The molecule has 1 heterocycles. The topological polar surface area (TPSA) is 133 Å². The molecule has 0 saturated carbocycles. The van der Waals surface area contributed by atoms with Gasteiger partial charge in [0.15, 0.2) is 0 Å². The summed E-state index contributed by atoms with van der Waals surface area (Å²) < 4.78 is 33.8. The van der Waals surface area contributed by atoms with E-state index >= 15 is 0 Å². The van der Waals surface area contributed by atoms with E-state index in [1.807, 2.05) is 36.1 Å². The smallest absolute Gasteiger partial charge is 0.372 e. The quantitative estimate of drug-likeness (QED) is 0.401. The van der Waals surface area contributed by atoms with Gasteiger partial charge in [0.1, 0.15) is 6.33 Å². The van der Waals surface area contributed by atoms with Crippen molar-refractivity contribution in [2.75, 3.05) is 24.6 Å². The Morgan fingerprint density at radius 3 is 2.62 bits per heavy atom. The number of benzene rings is 1. The van der Waals surface area contributed by atoms with Gasteiger partial charge in [-0.25, -0.2) is 4.18 Å². The molecule has 2 rings (SSSR count). The van der Waals surface area contributed by atoms with Gasteiger partial charge in [-0.2, -0.15) is 8.42 Å². The van der Waals surface area contributed by atoms with Crippen LogP contribution in [-0.4, -0.2) is 47.8 Å². The first kappa shape index (κ1) is 18.0. The van der Waals surface area contributed by atoms with Crippen molar-refractivity contribution < 1.29 is 17.2 Å². The van der Waals surface area contributed by atoms with Crippen molar-refractivity contribution >= 4 is 27.7 Å². The summed E-state index contributed by atoms with van der Waals surface area (Å²) in [6.45, 7) is 3.25. The molecular formula is C13H18N6O4S. The second kappa shape index (κ2) is 8.47. The van der Waals surface area contributed by atoms with Crippen molar-refractivity contribution in [2.24, 2.45) is 10.2 Å². The predicted molar refractivity (Wildman–Crippen MR) is 87.0 cm³/mol. The molecular weight excluding hydrogens is 336 g/mol. The molecule has 1 aromatic carbocycles. The highest BCUT2D eigenvalue weighted by Gasteiger charge is 2.07. The minimum absolute atomic E-state index is 0.0706. The highest BCUT2D eigenvalue weighted by atomic mass is 32.3. The van der Waals surface area contributed by atoms with Crippen molar-refractivity contribution in [1.82, 2.24) is 15.2 Å². The van der Waals surface area contributed by atoms with Crippen LogP contribution in [0.3, 0.4) is 0 Å². The SMILES string of the molecule is CCN(CCCOS(=O)(=O)O)c1ccc(N=Nc2nnc[nH]2)cc1. The summed E-state index contributed by atoms with van der Waals surface area (Å²) in [5.41, 5.74) is 1.63. The van der Waals surface area contributed by atoms with E-state index < -0.39 is 10.4 Å². The lowest BCUT2D eigenvalue weighted by Gasteiger charge is -2.22. The lowest BCUT2D eigenvalue weighted by molar-refractivity contribution is 0.266. The van der Waals surface area contributed by atoms with E-state index in [2.05, 4.69) is 29.6 Å². The van der Waals surface area contributed by atoms with E-state index in [1.165, 1.54) is 6.33 Å². The summed E-state index contributed by atoms with van der Waals surface area (Å²) in [5.74, 6) is 0.327. The Hall–Kier alpha value is -2.37. The van der Waals surface area contributed by atoms with Crippen LogP contribution in [0, 0.1) is 0 Å². The van der Waals surface area contributed by atoms with Crippen LogP contribution in [0.2, 0.25) is 0 Å². The summed E-state index contributed by atoms with van der Waals surface area (Å²) in [4.78, 5) is 4.77. The van der Waals surface area contributed by atoms with Gasteiger partial charge in [-0.15, -0.1) is 20.4 Å². The molecule has 0 aliphatic heterocycles. The second-order valence-electron chi connectivity index (χ2n) is 4.71. The summed E-state index contributed by atoms with van der Waals surface area (Å²) in [6, 6.07) is 7.41. The Labute approximate surface area is 139 Å². The van der Waals surface area contributed by atoms with Gasteiger partial charge >= 0.3 is 10.4 Å². The molecule has 0 radical (unpaired) electrons. The molecule has 0 unspecified atom stereocenters. The van der Waals surface area contributed by atoms with Gasteiger partial charge in [0.2, 0.25) is 0 Å². The van der Waals surface area contributed by atoms with Crippen LogP contribution >= 0.6 is 0 Å². The van der Waals surface area contributed by atoms with Crippen molar-refractivity contribution in [3.05, 3.63) is 30.6 Å². The van der Waals surface area contributed by atoms with Crippen LogP contribution < -0.4 is 4.90 Å². The molecule has 24 heavy (non-hydrogen) atoms. The molecule has 0 saturated heterocycles. The van der Waals surface area contributed by atoms with Gasteiger partial charge in [-0.05, 0) is 37.6 Å². The van der Waals surface area contributed by atoms with Gasteiger partial charge < -0.3 is 9.88 Å². The Balaban J connectivity index is 1.89. The monoisotopic (exact) mass is 354 g/mol. The largest absolute Gasteiger partial charge is 0.397 e. The normalized spacial score (nSPS) is 11.9. The number of hydrogen-bond acceptors (Lipinski definition) is 8. The Bertz CT molecular complexity index is 745. The van der Waals surface area contributed by atoms with E-state index in [1.54, 1.807) is 0 Å². The van der Waals surface area contributed by atoms with Crippen molar-refractivity contribution in [2.45, 2.75) is 13.3 Å². The third-order valence-corrected chi connectivity index (χ3v) is 3.53. The van der Waals surface area contributed by atoms with Crippen LogP contribution in [0.5, 0.6) is 0 Å². The third-order valence-electron chi connectivity index (χ3n) is 3.07. The molecule has 0 aliphatic carbocycles. The highest BCUT2D eigenvalue weighted by Crippen LogP contribution is 2.21. The molecule has 0 aliphatic rings. The molecule has 0 spiro atoms. The maximum absolute atomic E-state index is 10.5. The number of azo groups is 1. The third kappa shape index (κ3) is 6.02. The van der Waals surface area contributed by atoms with E-state index in [9.17, 15) is 8.42 Å². The number of H-pyrrole nitrogens is 1. The highest BCUT2D eigenvalue weighted by molar-refractivity contribution is 7.80. The van der Waals surface area contributed by atoms with Crippen molar-refractivity contribution in [3.8, 4) is 0 Å². The molecule has 1 aromatic heterocycles. The average Bonchev–Trinajstić information content (AvgIpc) is 3.06. The molecule has 130 valence electrons. The first-order valence-electron chi connectivity index (χ1n) is 7.22. The Morgan fingerprint density at radius 1 is 1.29 bits per heavy atom.